The topological polar surface area (TPSA) is 69.9 Å². The Morgan fingerprint density at radius 2 is 1.88 bits per heavy atom. The molecule has 0 radical (unpaired) electrons. The van der Waals surface area contributed by atoms with Crippen LogP contribution in [0.1, 0.15) is 31.0 Å². The number of ether oxygens (including phenoxy) is 2. The fraction of sp³-hybridized carbons (Fsp3) is 0.192. The number of hydrogen-bond acceptors (Lipinski definition) is 6. The average Bonchev–Trinajstić information content (AvgIpc) is 3.13. The summed E-state index contributed by atoms with van der Waals surface area (Å²) in [6.07, 6.45) is 5.56. The number of benzene rings is 2. The first-order valence-electron chi connectivity index (χ1n) is 10.6. The van der Waals surface area contributed by atoms with Crippen LogP contribution in [-0.2, 0) is 9.53 Å². The van der Waals surface area contributed by atoms with Crippen molar-refractivity contribution < 1.29 is 14.3 Å². The zero-order valence-corrected chi connectivity index (χ0v) is 19.5. The SMILES string of the molecule is CCOC(=O)C1=C(C)N=c2sc(=C/C=C\c3ccccc3)c(=O)n2[C@@H]1c1ccccc1OC. The number of thiazole rings is 1. The fourth-order valence-electron chi connectivity index (χ4n) is 3.80. The number of hydrogen-bond donors (Lipinski definition) is 0. The summed E-state index contributed by atoms with van der Waals surface area (Å²) in [5.74, 6) is 0.0884. The van der Waals surface area contributed by atoms with Crippen LogP contribution in [0.25, 0.3) is 12.2 Å². The van der Waals surface area contributed by atoms with E-state index < -0.39 is 12.0 Å². The van der Waals surface area contributed by atoms with Gasteiger partial charge in [-0.1, -0.05) is 72.0 Å². The molecule has 168 valence electrons. The summed E-state index contributed by atoms with van der Waals surface area (Å²) in [6, 6.07) is 16.5. The molecule has 0 bridgehead atoms. The van der Waals surface area contributed by atoms with Crippen molar-refractivity contribution in [1.82, 2.24) is 4.57 Å². The van der Waals surface area contributed by atoms with Gasteiger partial charge in [-0.15, -0.1) is 0 Å². The molecule has 7 heteroatoms. The Morgan fingerprint density at radius 1 is 1.15 bits per heavy atom. The molecule has 4 rings (SSSR count). The number of para-hydroxylation sites is 1. The molecule has 1 aromatic heterocycles. The summed E-state index contributed by atoms with van der Waals surface area (Å²) in [4.78, 5) is 31.6. The lowest BCUT2D eigenvalue weighted by Crippen LogP contribution is -2.40. The zero-order valence-electron chi connectivity index (χ0n) is 18.6. The first-order valence-corrected chi connectivity index (χ1v) is 11.4. The van der Waals surface area contributed by atoms with Crippen LogP contribution >= 0.6 is 11.3 Å². The van der Waals surface area contributed by atoms with Crippen LogP contribution < -0.4 is 19.6 Å². The van der Waals surface area contributed by atoms with E-state index in [0.717, 1.165) is 5.56 Å². The number of carbonyl (C=O) groups is 1. The summed E-state index contributed by atoms with van der Waals surface area (Å²) >= 11 is 1.29. The lowest BCUT2D eigenvalue weighted by atomic mass is 9.95. The van der Waals surface area contributed by atoms with Crippen LogP contribution in [0.4, 0.5) is 0 Å². The van der Waals surface area contributed by atoms with Crippen molar-refractivity contribution in [3.8, 4) is 5.75 Å². The highest BCUT2D eigenvalue weighted by atomic mass is 32.1. The third kappa shape index (κ3) is 4.45. The molecule has 2 heterocycles. The Kier molecular flexibility index (Phi) is 6.70. The maximum Gasteiger partial charge on any atom is 0.338 e. The van der Waals surface area contributed by atoms with Gasteiger partial charge in [0.25, 0.3) is 5.56 Å². The van der Waals surface area contributed by atoms with Crippen molar-refractivity contribution in [2.75, 3.05) is 13.7 Å². The van der Waals surface area contributed by atoms with Gasteiger partial charge in [-0.3, -0.25) is 9.36 Å². The quantitative estimate of drug-likeness (QED) is 0.528. The van der Waals surface area contributed by atoms with Crippen molar-refractivity contribution in [1.29, 1.82) is 0 Å². The monoisotopic (exact) mass is 460 g/mol. The predicted octanol–water partition coefficient (Wildman–Crippen LogP) is 3.47. The van der Waals surface area contributed by atoms with Gasteiger partial charge in [0.15, 0.2) is 4.80 Å². The maximum absolute atomic E-state index is 13.5. The number of rotatable bonds is 6. The summed E-state index contributed by atoms with van der Waals surface area (Å²) < 4.78 is 13.0. The smallest absolute Gasteiger partial charge is 0.338 e. The molecular weight excluding hydrogens is 436 g/mol. The molecule has 6 nitrogen and oxygen atoms in total. The van der Waals surface area contributed by atoms with Crippen molar-refractivity contribution in [3.63, 3.8) is 0 Å². The average molecular weight is 461 g/mol. The molecule has 0 aliphatic carbocycles. The van der Waals surface area contributed by atoms with E-state index in [1.807, 2.05) is 66.7 Å². The second-order valence-electron chi connectivity index (χ2n) is 7.34. The van der Waals surface area contributed by atoms with E-state index >= 15 is 0 Å². The minimum absolute atomic E-state index is 0.221. The van der Waals surface area contributed by atoms with Crippen LogP contribution in [0.2, 0.25) is 0 Å². The molecule has 0 N–H and O–H groups in total. The lowest BCUT2D eigenvalue weighted by Gasteiger charge is -2.25. The normalized spacial score (nSPS) is 16.0. The number of nitrogens with zero attached hydrogens (tertiary/aromatic N) is 2. The highest BCUT2D eigenvalue weighted by Crippen LogP contribution is 2.35. The Hall–Kier alpha value is -3.71. The molecule has 2 aromatic carbocycles. The molecular formula is C26H24N2O4S. The zero-order chi connectivity index (χ0) is 23.4. The Labute approximate surface area is 195 Å². The molecule has 33 heavy (non-hydrogen) atoms. The van der Waals surface area contributed by atoms with Crippen LogP contribution in [0, 0.1) is 0 Å². The van der Waals surface area contributed by atoms with Gasteiger partial charge in [0.1, 0.15) is 11.8 Å². The summed E-state index contributed by atoms with van der Waals surface area (Å²) in [7, 11) is 1.57. The van der Waals surface area contributed by atoms with E-state index in [2.05, 4.69) is 4.99 Å². The predicted molar refractivity (Wildman–Crippen MR) is 130 cm³/mol. The Balaban J connectivity index is 1.90. The van der Waals surface area contributed by atoms with E-state index in [0.29, 0.717) is 31.9 Å². The van der Waals surface area contributed by atoms with Crippen molar-refractivity contribution in [2.24, 2.45) is 4.99 Å². The first-order chi connectivity index (χ1) is 16.0. The van der Waals surface area contributed by atoms with Crippen molar-refractivity contribution in [3.05, 3.63) is 103 Å². The van der Waals surface area contributed by atoms with E-state index in [1.54, 1.807) is 31.6 Å². The van der Waals surface area contributed by atoms with Crippen molar-refractivity contribution >= 4 is 29.5 Å². The minimum atomic E-state index is -0.697. The largest absolute Gasteiger partial charge is 0.496 e. The van der Waals surface area contributed by atoms with Crippen LogP contribution in [0.15, 0.2) is 81.7 Å². The van der Waals surface area contributed by atoms with Gasteiger partial charge in [-0.25, -0.2) is 9.79 Å². The highest BCUT2D eigenvalue weighted by Gasteiger charge is 2.34. The number of fused-ring (bicyclic) bond motifs is 1. The number of methoxy groups -OCH3 is 1. The van der Waals surface area contributed by atoms with Crippen LogP contribution in [0.5, 0.6) is 5.75 Å². The molecule has 0 fully saturated rings. The minimum Gasteiger partial charge on any atom is -0.496 e. The van der Waals surface area contributed by atoms with E-state index in [1.165, 1.54) is 11.3 Å². The number of allylic oxidation sites excluding steroid dienone is 2. The molecule has 0 amide bonds. The van der Waals surface area contributed by atoms with E-state index in [-0.39, 0.29) is 12.2 Å². The van der Waals surface area contributed by atoms with Crippen molar-refractivity contribution in [2.45, 2.75) is 19.9 Å². The molecule has 0 unspecified atom stereocenters. The second kappa shape index (κ2) is 9.83. The van der Waals surface area contributed by atoms with Gasteiger partial charge >= 0.3 is 5.97 Å². The van der Waals surface area contributed by atoms with Gasteiger partial charge in [-0.2, -0.15) is 0 Å². The fourth-order valence-corrected chi connectivity index (χ4v) is 4.80. The van der Waals surface area contributed by atoms with Gasteiger partial charge in [0, 0.05) is 5.56 Å². The number of esters is 1. The van der Waals surface area contributed by atoms with Gasteiger partial charge < -0.3 is 9.47 Å². The number of aromatic nitrogens is 1. The van der Waals surface area contributed by atoms with Gasteiger partial charge in [-0.05, 0) is 31.6 Å². The first kappa shape index (κ1) is 22.5. The van der Waals surface area contributed by atoms with Crippen LogP contribution in [-0.4, -0.2) is 24.3 Å². The molecule has 1 aliphatic rings. The molecule has 1 atom stereocenters. The standard InChI is InChI=1S/C26H24N2O4S/c1-4-32-25(30)22-17(2)27-26-28(23(22)19-14-8-9-15-20(19)31-3)24(29)21(33-26)16-10-13-18-11-6-5-7-12-18/h5-16,23H,4H2,1-3H3/b13-10-,21-16?/t23-/m1/s1. The lowest BCUT2D eigenvalue weighted by molar-refractivity contribution is -0.139. The summed E-state index contributed by atoms with van der Waals surface area (Å²) in [5, 5.41) is 0. The van der Waals surface area contributed by atoms with Crippen LogP contribution in [0.3, 0.4) is 0 Å². The van der Waals surface area contributed by atoms with Gasteiger partial charge in [0.2, 0.25) is 0 Å². The molecule has 0 spiro atoms. The third-order valence-electron chi connectivity index (χ3n) is 5.29. The van der Waals surface area contributed by atoms with E-state index in [9.17, 15) is 9.59 Å². The Bertz CT molecular complexity index is 1410. The number of carbonyl (C=O) groups excluding carboxylic acids is 1. The van der Waals surface area contributed by atoms with Gasteiger partial charge in [0.05, 0.1) is 29.5 Å². The molecule has 3 aromatic rings. The summed E-state index contributed by atoms with van der Waals surface area (Å²) in [5.41, 5.74) is 2.37. The molecule has 0 saturated carbocycles. The third-order valence-corrected chi connectivity index (χ3v) is 6.29. The molecule has 1 aliphatic heterocycles. The Morgan fingerprint density at radius 3 is 2.61 bits per heavy atom. The van der Waals surface area contributed by atoms with E-state index in [4.69, 9.17) is 9.47 Å². The highest BCUT2D eigenvalue weighted by molar-refractivity contribution is 7.07. The summed E-state index contributed by atoms with van der Waals surface area (Å²) in [6.45, 7) is 3.74. The maximum atomic E-state index is 13.5. The molecule has 0 saturated heterocycles. The second-order valence-corrected chi connectivity index (χ2v) is 8.35.